The number of benzene rings is 2. The van der Waals surface area contributed by atoms with E-state index in [2.05, 4.69) is 4.99 Å². The predicted octanol–water partition coefficient (Wildman–Crippen LogP) is 4.46. The molecule has 0 saturated heterocycles. The van der Waals surface area contributed by atoms with Crippen LogP contribution in [0.1, 0.15) is 25.0 Å². The number of aliphatic hydroxyl groups excluding tert-OH is 1. The minimum absolute atomic E-state index is 0.0906. The Labute approximate surface area is 169 Å². The number of carbonyl (C=O) groups excluding carboxylic acids is 1. The lowest BCUT2D eigenvalue weighted by Crippen LogP contribution is -2.13. The zero-order valence-corrected chi connectivity index (χ0v) is 16.6. The second-order valence-electron chi connectivity index (χ2n) is 6.36. The van der Waals surface area contributed by atoms with Crippen LogP contribution in [0.15, 0.2) is 70.6 Å². The molecule has 0 saturated carbocycles. The first kappa shape index (κ1) is 20.2. The molecule has 2 aromatic carbocycles. The highest BCUT2D eigenvalue weighted by Crippen LogP contribution is 2.32. The van der Waals surface area contributed by atoms with Gasteiger partial charge in [-0.2, -0.15) is 0 Å². The first-order valence-electron chi connectivity index (χ1n) is 9.26. The lowest BCUT2D eigenvalue weighted by Gasteiger charge is -2.11. The molecule has 150 valence electrons. The quantitative estimate of drug-likeness (QED) is 0.703. The van der Waals surface area contributed by atoms with Crippen molar-refractivity contribution in [2.24, 2.45) is 4.99 Å². The van der Waals surface area contributed by atoms with Crippen LogP contribution >= 0.6 is 0 Å². The molecular formula is C23H23NO5. The van der Waals surface area contributed by atoms with Gasteiger partial charge in [0.2, 0.25) is 0 Å². The SMILES string of the molecule is CCOC(=O)C1=C(O)/C(=C\c2ccc(OCc3ccccc3)c(OC)c2)N=C1C. The number of aliphatic imine (C=N–C) groups is 1. The zero-order valence-electron chi connectivity index (χ0n) is 16.6. The highest BCUT2D eigenvalue weighted by atomic mass is 16.5. The van der Waals surface area contributed by atoms with Crippen molar-refractivity contribution in [3.05, 3.63) is 76.7 Å². The molecule has 1 aliphatic rings. The van der Waals surface area contributed by atoms with E-state index in [1.165, 1.54) is 0 Å². The van der Waals surface area contributed by atoms with Crippen molar-refractivity contribution in [3.8, 4) is 11.5 Å². The molecule has 0 aliphatic carbocycles. The summed E-state index contributed by atoms with van der Waals surface area (Å²) in [5.74, 6) is 0.390. The highest BCUT2D eigenvalue weighted by Gasteiger charge is 2.27. The molecule has 0 bridgehead atoms. The number of esters is 1. The average Bonchev–Trinajstić information content (AvgIpc) is 3.00. The van der Waals surface area contributed by atoms with Crippen LogP contribution in [0.25, 0.3) is 6.08 Å². The van der Waals surface area contributed by atoms with Gasteiger partial charge in [0.05, 0.1) is 19.4 Å². The number of rotatable bonds is 7. The van der Waals surface area contributed by atoms with Crippen LogP contribution in [0.4, 0.5) is 0 Å². The van der Waals surface area contributed by atoms with E-state index >= 15 is 0 Å². The van der Waals surface area contributed by atoms with Gasteiger partial charge in [0, 0.05) is 0 Å². The molecular weight excluding hydrogens is 370 g/mol. The Kier molecular flexibility index (Phi) is 6.34. The lowest BCUT2D eigenvalue weighted by atomic mass is 10.1. The molecule has 2 aromatic rings. The number of hydrogen-bond donors (Lipinski definition) is 1. The Morgan fingerprint density at radius 2 is 1.90 bits per heavy atom. The predicted molar refractivity (Wildman–Crippen MR) is 111 cm³/mol. The summed E-state index contributed by atoms with van der Waals surface area (Å²) in [6.45, 7) is 4.02. The van der Waals surface area contributed by atoms with Crippen molar-refractivity contribution < 1.29 is 24.1 Å². The fourth-order valence-electron chi connectivity index (χ4n) is 2.92. The molecule has 0 atom stereocenters. The summed E-state index contributed by atoms with van der Waals surface area (Å²) in [4.78, 5) is 16.3. The summed E-state index contributed by atoms with van der Waals surface area (Å²) >= 11 is 0. The summed E-state index contributed by atoms with van der Waals surface area (Å²) in [6, 6.07) is 15.3. The Morgan fingerprint density at radius 1 is 1.14 bits per heavy atom. The van der Waals surface area contributed by atoms with E-state index in [1.807, 2.05) is 36.4 Å². The van der Waals surface area contributed by atoms with Crippen LogP contribution in [0.3, 0.4) is 0 Å². The topological polar surface area (TPSA) is 77.4 Å². The van der Waals surface area contributed by atoms with Crippen molar-refractivity contribution in [1.29, 1.82) is 0 Å². The third-order valence-corrected chi connectivity index (χ3v) is 4.34. The van der Waals surface area contributed by atoms with Crippen molar-refractivity contribution >= 4 is 17.8 Å². The molecule has 0 unspecified atom stereocenters. The summed E-state index contributed by atoms with van der Waals surface area (Å²) in [5, 5.41) is 10.4. The molecule has 6 heteroatoms. The van der Waals surface area contributed by atoms with Gasteiger partial charge in [0.25, 0.3) is 0 Å². The molecule has 1 N–H and O–H groups in total. The average molecular weight is 393 g/mol. The van der Waals surface area contributed by atoms with Gasteiger partial charge in [-0.3, -0.25) is 0 Å². The van der Waals surface area contributed by atoms with Crippen molar-refractivity contribution in [3.63, 3.8) is 0 Å². The van der Waals surface area contributed by atoms with Gasteiger partial charge in [0.1, 0.15) is 17.9 Å². The third kappa shape index (κ3) is 4.66. The molecule has 3 rings (SSSR count). The standard InChI is InChI=1S/C23H23NO5/c1-4-28-23(26)21-15(2)24-18(22(21)25)12-17-10-11-19(20(13-17)27-3)29-14-16-8-6-5-7-9-16/h5-13,25H,4,14H2,1-3H3/b18-12+. The number of aliphatic hydroxyl groups is 1. The van der Waals surface area contributed by atoms with Gasteiger partial charge in [-0.1, -0.05) is 36.4 Å². The molecule has 1 heterocycles. The Balaban J connectivity index is 1.82. The fourth-order valence-corrected chi connectivity index (χ4v) is 2.92. The minimum Gasteiger partial charge on any atom is -0.505 e. The lowest BCUT2D eigenvalue weighted by molar-refractivity contribution is -0.138. The number of carbonyl (C=O) groups is 1. The monoisotopic (exact) mass is 393 g/mol. The summed E-state index contributed by atoms with van der Waals surface area (Å²) in [5.41, 5.74) is 2.61. The molecule has 1 aliphatic heterocycles. The Bertz CT molecular complexity index is 990. The number of hydrogen-bond acceptors (Lipinski definition) is 6. The van der Waals surface area contributed by atoms with Crippen LogP contribution in [-0.4, -0.2) is 30.5 Å². The van der Waals surface area contributed by atoms with Crippen LogP contribution in [0.5, 0.6) is 11.5 Å². The van der Waals surface area contributed by atoms with Crippen LogP contribution in [0, 0.1) is 0 Å². The van der Waals surface area contributed by atoms with Gasteiger partial charge in [0.15, 0.2) is 17.3 Å². The van der Waals surface area contributed by atoms with Crippen molar-refractivity contribution in [1.82, 2.24) is 0 Å². The van der Waals surface area contributed by atoms with E-state index in [1.54, 1.807) is 39.2 Å². The molecule has 0 spiro atoms. The molecule has 0 radical (unpaired) electrons. The second kappa shape index (κ2) is 9.10. The minimum atomic E-state index is -0.586. The van der Waals surface area contributed by atoms with Gasteiger partial charge in [-0.15, -0.1) is 0 Å². The number of ether oxygens (including phenoxy) is 3. The molecule has 29 heavy (non-hydrogen) atoms. The van der Waals surface area contributed by atoms with Gasteiger partial charge < -0.3 is 19.3 Å². The molecule has 0 aromatic heterocycles. The third-order valence-electron chi connectivity index (χ3n) is 4.34. The van der Waals surface area contributed by atoms with E-state index in [9.17, 15) is 9.90 Å². The fraction of sp³-hybridized carbons (Fsp3) is 0.217. The maximum Gasteiger partial charge on any atom is 0.343 e. The molecule has 0 amide bonds. The normalized spacial score (nSPS) is 14.7. The summed E-state index contributed by atoms with van der Waals surface area (Å²) in [7, 11) is 1.57. The van der Waals surface area contributed by atoms with Crippen molar-refractivity contribution in [2.75, 3.05) is 13.7 Å². The smallest absolute Gasteiger partial charge is 0.343 e. The van der Waals surface area contributed by atoms with Crippen LogP contribution in [-0.2, 0) is 16.1 Å². The van der Waals surface area contributed by atoms with Crippen LogP contribution in [0.2, 0.25) is 0 Å². The Hall–Kier alpha value is -3.54. The summed E-state index contributed by atoms with van der Waals surface area (Å²) in [6.07, 6.45) is 1.68. The number of methoxy groups -OCH3 is 1. The Morgan fingerprint density at radius 3 is 2.59 bits per heavy atom. The van der Waals surface area contributed by atoms with Gasteiger partial charge >= 0.3 is 5.97 Å². The maximum absolute atomic E-state index is 12.0. The highest BCUT2D eigenvalue weighted by molar-refractivity contribution is 6.22. The van der Waals surface area contributed by atoms with Gasteiger partial charge in [-0.25, -0.2) is 9.79 Å². The van der Waals surface area contributed by atoms with Crippen molar-refractivity contribution in [2.45, 2.75) is 20.5 Å². The van der Waals surface area contributed by atoms with E-state index < -0.39 is 5.97 Å². The second-order valence-corrected chi connectivity index (χ2v) is 6.36. The molecule has 0 fully saturated rings. The largest absolute Gasteiger partial charge is 0.505 e. The number of nitrogens with zero attached hydrogens (tertiary/aromatic N) is 1. The van der Waals surface area contributed by atoms with Gasteiger partial charge in [-0.05, 0) is 43.2 Å². The van der Waals surface area contributed by atoms with E-state index in [0.717, 1.165) is 11.1 Å². The van der Waals surface area contributed by atoms with E-state index in [-0.39, 0.29) is 17.9 Å². The van der Waals surface area contributed by atoms with E-state index in [0.29, 0.717) is 29.5 Å². The first-order chi connectivity index (χ1) is 14.0. The van der Waals surface area contributed by atoms with Crippen LogP contribution < -0.4 is 9.47 Å². The summed E-state index contributed by atoms with van der Waals surface area (Å²) < 4.78 is 16.3. The zero-order chi connectivity index (χ0) is 20.8. The molecule has 6 nitrogen and oxygen atoms in total. The van der Waals surface area contributed by atoms with E-state index in [4.69, 9.17) is 14.2 Å². The first-order valence-corrected chi connectivity index (χ1v) is 9.26. The maximum atomic E-state index is 12.0.